The van der Waals surface area contributed by atoms with E-state index in [1.54, 1.807) is 12.1 Å². The summed E-state index contributed by atoms with van der Waals surface area (Å²) in [6.45, 7) is 0. The Bertz CT molecular complexity index is 1580. The zero-order valence-electron chi connectivity index (χ0n) is 20.3. The van der Waals surface area contributed by atoms with E-state index in [0.717, 1.165) is 44.5 Å². The van der Waals surface area contributed by atoms with Crippen LogP contribution >= 0.6 is 0 Å². The summed E-state index contributed by atoms with van der Waals surface area (Å²) in [6.07, 6.45) is 0. The van der Waals surface area contributed by atoms with Crippen molar-refractivity contribution in [2.24, 2.45) is 0 Å². The van der Waals surface area contributed by atoms with E-state index >= 15 is 0 Å². The van der Waals surface area contributed by atoms with E-state index in [1.807, 2.05) is 92.3 Å². The highest BCUT2D eigenvalue weighted by Gasteiger charge is 2.23. The average molecular weight is 464 g/mol. The summed E-state index contributed by atoms with van der Waals surface area (Å²) < 4.78 is 14.2. The first-order chi connectivity index (χ1) is 16.9. The molecule has 0 unspecified atom stereocenters. The van der Waals surface area contributed by atoms with Crippen molar-refractivity contribution in [1.82, 2.24) is 4.58 Å². The van der Waals surface area contributed by atoms with Gasteiger partial charge in [0.05, 0.1) is 11.6 Å². The molecule has 3 aromatic rings. The van der Waals surface area contributed by atoms with Gasteiger partial charge in [0, 0.05) is 48.4 Å². The minimum absolute atomic E-state index is 0.399. The van der Waals surface area contributed by atoms with Gasteiger partial charge in [-0.3, -0.25) is 0 Å². The van der Waals surface area contributed by atoms with Crippen LogP contribution in [0.3, 0.4) is 0 Å². The van der Waals surface area contributed by atoms with Crippen molar-refractivity contribution in [3.8, 4) is 28.2 Å². The number of rotatable bonds is 4. The molecule has 35 heavy (non-hydrogen) atoms. The Balaban J connectivity index is 1.79. The number of hydrogen-bond donors (Lipinski definition) is 0. The second-order valence-electron chi connectivity index (χ2n) is 8.87. The molecule has 0 N–H and O–H groups in total. The molecule has 0 aromatic heterocycles. The van der Waals surface area contributed by atoms with Crippen LogP contribution in [0, 0.1) is 0 Å². The van der Waals surface area contributed by atoms with Crippen LogP contribution < -0.4 is 19.6 Å². The van der Waals surface area contributed by atoms with Gasteiger partial charge in [0.15, 0.2) is 0 Å². The van der Waals surface area contributed by atoms with E-state index in [1.165, 1.54) is 0 Å². The lowest BCUT2D eigenvalue weighted by atomic mass is 9.90. The Morgan fingerprint density at radius 2 is 1.57 bits per heavy atom. The molecular formula is C30H27N2O3+. The molecular weight excluding hydrogens is 436 g/mol. The topological polar surface area (TPSA) is 45.7 Å². The van der Waals surface area contributed by atoms with Crippen molar-refractivity contribution in [2.75, 3.05) is 33.1 Å². The standard InChI is InChI=1S/C30H27N2O3/c1-31(2)20-14-16-25-27(18-20)35-28-19-21(32(3)4)15-17-26(28)29(25)23-12-8-9-13-24(23)30(33)34-22-10-6-5-7-11-22/h5-19H,1-4H3/q+1. The summed E-state index contributed by atoms with van der Waals surface area (Å²) in [5.41, 5.74) is 4.96. The molecule has 3 aromatic carbocycles. The Hall–Kier alpha value is -4.38. The highest BCUT2D eigenvalue weighted by Crippen LogP contribution is 2.42. The number of nitrogens with zero attached hydrogens (tertiary/aromatic N) is 2. The summed E-state index contributed by atoms with van der Waals surface area (Å²) in [5, 5.41) is 1.97. The van der Waals surface area contributed by atoms with Gasteiger partial charge >= 0.3 is 5.97 Å². The van der Waals surface area contributed by atoms with Gasteiger partial charge in [-0.1, -0.05) is 36.4 Å². The second-order valence-corrected chi connectivity index (χ2v) is 8.87. The van der Waals surface area contributed by atoms with Gasteiger partial charge < -0.3 is 14.1 Å². The predicted octanol–water partition coefficient (Wildman–Crippen LogP) is 5.52. The van der Waals surface area contributed by atoms with Crippen LogP contribution in [0.1, 0.15) is 10.4 Å². The van der Waals surface area contributed by atoms with E-state index in [-0.39, 0.29) is 0 Å². The molecule has 0 saturated heterocycles. The second kappa shape index (κ2) is 9.11. The summed E-state index contributed by atoms with van der Waals surface area (Å²) in [5.74, 6) is 0.862. The van der Waals surface area contributed by atoms with Crippen molar-refractivity contribution in [3.63, 3.8) is 0 Å². The van der Waals surface area contributed by atoms with Crippen molar-refractivity contribution in [3.05, 3.63) is 102 Å². The van der Waals surface area contributed by atoms with Crippen molar-refractivity contribution in [1.29, 1.82) is 0 Å². The predicted molar refractivity (Wildman–Crippen MR) is 141 cm³/mol. The molecule has 2 aliphatic rings. The Labute approximate surface area is 204 Å². The van der Waals surface area contributed by atoms with Gasteiger partial charge in [-0.15, -0.1) is 0 Å². The molecule has 1 aliphatic heterocycles. The van der Waals surface area contributed by atoms with Crippen molar-refractivity contribution < 1.29 is 13.9 Å². The molecule has 1 heterocycles. The van der Waals surface area contributed by atoms with E-state index < -0.39 is 5.97 Å². The maximum atomic E-state index is 13.3. The third-order valence-electron chi connectivity index (χ3n) is 6.09. The fourth-order valence-corrected chi connectivity index (χ4v) is 4.24. The number of fused-ring (bicyclic) bond motifs is 2. The molecule has 174 valence electrons. The summed E-state index contributed by atoms with van der Waals surface area (Å²) >= 11 is 0. The first-order valence-corrected chi connectivity index (χ1v) is 11.5. The molecule has 5 rings (SSSR count). The van der Waals surface area contributed by atoms with Gasteiger partial charge in [0.1, 0.15) is 31.2 Å². The maximum absolute atomic E-state index is 13.3. The molecule has 0 saturated carbocycles. The van der Waals surface area contributed by atoms with E-state index in [9.17, 15) is 4.79 Å². The molecule has 0 atom stereocenters. The summed E-state index contributed by atoms with van der Waals surface area (Å²) in [7, 11) is 8.01. The van der Waals surface area contributed by atoms with Crippen LogP contribution in [0.15, 0.2) is 95.4 Å². The number of anilines is 1. The van der Waals surface area contributed by atoms with Crippen molar-refractivity contribution >= 4 is 22.6 Å². The van der Waals surface area contributed by atoms with Crippen LogP contribution in [0.4, 0.5) is 5.69 Å². The number of carbonyl (C=O) groups is 1. The zero-order valence-corrected chi connectivity index (χ0v) is 20.3. The summed E-state index contributed by atoms with van der Waals surface area (Å²) in [4.78, 5) is 15.4. The van der Waals surface area contributed by atoms with Crippen molar-refractivity contribution in [2.45, 2.75) is 0 Å². The maximum Gasteiger partial charge on any atom is 0.344 e. The fraction of sp³-hybridized carbons (Fsp3) is 0.133. The third-order valence-corrected chi connectivity index (χ3v) is 6.09. The first kappa shape index (κ1) is 22.4. The van der Waals surface area contributed by atoms with Gasteiger partial charge in [-0.2, -0.15) is 0 Å². The molecule has 0 amide bonds. The van der Waals surface area contributed by atoms with Gasteiger partial charge in [-0.05, 0) is 42.0 Å². The summed E-state index contributed by atoms with van der Waals surface area (Å²) in [6, 6.07) is 29.0. The largest absolute Gasteiger partial charge is 0.456 e. The monoisotopic (exact) mass is 463 g/mol. The molecule has 5 heteroatoms. The van der Waals surface area contributed by atoms with E-state index in [2.05, 4.69) is 24.3 Å². The molecule has 0 bridgehead atoms. The smallest absolute Gasteiger partial charge is 0.344 e. The number of ether oxygens (including phenoxy) is 1. The number of esters is 1. The van der Waals surface area contributed by atoms with Crippen LogP contribution in [-0.2, 0) is 0 Å². The minimum Gasteiger partial charge on any atom is -0.456 e. The third kappa shape index (κ3) is 4.28. The highest BCUT2D eigenvalue weighted by atomic mass is 16.5. The minimum atomic E-state index is -0.399. The Kier molecular flexibility index (Phi) is 5.83. The first-order valence-electron chi connectivity index (χ1n) is 11.5. The average Bonchev–Trinajstić information content (AvgIpc) is 2.87. The van der Waals surface area contributed by atoms with Gasteiger partial charge in [0.2, 0.25) is 5.36 Å². The van der Waals surface area contributed by atoms with E-state index in [0.29, 0.717) is 11.3 Å². The SMILES string of the molecule is CN(C)c1ccc2c(-c3ccccc3C(=O)Oc3ccccc3)c3ccc(=[N+](C)C)cc-3oc2c1. The molecule has 0 spiro atoms. The normalized spacial score (nSPS) is 11.0. The Morgan fingerprint density at radius 1 is 0.829 bits per heavy atom. The van der Waals surface area contributed by atoms with Crippen LogP contribution in [0.5, 0.6) is 5.75 Å². The molecule has 0 radical (unpaired) electrons. The van der Waals surface area contributed by atoms with Crippen LogP contribution in [-0.4, -0.2) is 34.2 Å². The van der Waals surface area contributed by atoms with E-state index in [4.69, 9.17) is 9.15 Å². The number of benzene rings is 4. The number of para-hydroxylation sites is 1. The molecule has 1 aliphatic carbocycles. The number of carbonyl (C=O) groups excluding carboxylic acids is 1. The molecule has 0 fully saturated rings. The lowest BCUT2D eigenvalue weighted by molar-refractivity contribution is 0.0735. The van der Waals surface area contributed by atoms with Crippen LogP contribution in [0.25, 0.3) is 33.4 Å². The Morgan fingerprint density at radius 3 is 2.31 bits per heavy atom. The lowest BCUT2D eigenvalue weighted by Gasteiger charge is -2.19. The molecule has 5 nitrogen and oxygen atoms in total. The van der Waals surface area contributed by atoms with Gasteiger partial charge in [-0.25, -0.2) is 9.37 Å². The highest BCUT2D eigenvalue weighted by molar-refractivity contribution is 6.08. The number of hydrogen-bond acceptors (Lipinski definition) is 4. The van der Waals surface area contributed by atoms with Gasteiger partial charge in [0.25, 0.3) is 0 Å². The van der Waals surface area contributed by atoms with Crippen LogP contribution in [0.2, 0.25) is 0 Å². The zero-order chi connectivity index (χ0) is 24.5. The quantitative estimate of drug-likeness (QED) is 0.152. The lowest BCUT2D eigenvalue weighted by Crippen LogP contribution is -2.21. The fourth-order valence-electron chi connectivity index (χ4n) is 4.24.